The van der Waals surface area contributed by atoms with Crippen molar-refractivity contribution < 1.29 is 24.2 Å². The van der Waals surface area contributed by atoms with Crippen molar-refractivity contribution in [2.45, 2.75) is 148 Å². The normalized spacial score (nSPS) is 11.0. The largest absolute Gasteiger partial charge is 0.212 e. The third-order valence-electron chi connectivity index (χ3n) is 16.8. The number of pyridine rings is 5. The molecule has 0 aliphatic carbocycles. The summed E-state index contributed by atoms with van der Waals surface area (Å²) in [5.41, 5.74) is 31.2. The molecule has 0 N–H and O–H groups in total. The lowest BCUT2D eigenvalue weighted by Gasteiger charge is -2.13. The van der Waals surface area contributed by atoms with Crippen LogP contribution in [0.25, 0.3) is 56.3 Å². The Morgan fingerprint density at radius 2 is 0.701 bits per heavy atom. The molecular weight excluding hydrogens is 1050 g/mol. The minimum absolute atomic E-state index is 0.480. The van der Waals surface area contributed by atoms with E-state index in [1.165, 1.54) is 129 Å². The zero-order chi connectivity index (χ0) is 64.6. The number of hydrogen-bond donors (Lipinski definition) is 0. The first-order valence-corrected chi connectivity index (χ1v) is 31.6. The van der Waals surface area contributed by atoms with E-state index in [0.717, 1.165) is 31.2 Å². The van der Waals surface area contributed by atoms with E-state index in [1.807, 2.05) is 0 Å². The smallest absolute Gasteiger partial charge is 0.201 e. The minimum atomic E-state index is -0.480. The fraction of sp³-hybridized carbons (Fsp3) is 0.329. The summed E-state index contributed by atoms with van der Waals surface area (Å²) in [7, 11) is 10.5. The first kappa shape index (κ1) is 66.4. The number of benzene rings is 5. The van der Waals surface area contributed by atoms with Crippen LogP contribution in [-0.2, 0) is 48.1 Å². The fourth-order valence-electron chi connectivity index (χ4n) is 11.6. The van der Waals surface area contributed by atoms with Gasteiger partial charge in [-0.3, -0.25) is 0 Å². The van der Waals surface area contributed by atoms with Gasteiger partial charge in [0.1, 0.15) is 35.2 Å². The molecule has 0 atom stereocenters. The minimum Gasteiger partial charge on any atom is -0.201 e. The summed E-state index contributed by atoms with van der Waals surface area (Å²) in [6.07, 6.45) is 14.7. The van der Waals surface area contributed by atoms with Gasteiger partial charge in [0.05, 0.1) is 0 Å². The van der Waals surface area contributed by atoms with Gasteiger partial charge in [0, 0.05) is 87.8 Å². The average molecular weight is 1160 g/mol. The second-order valence-electron chi connectivity index (χ2n) is 24.4. The molecule has 0 aliphatic heterocycles. The summed E-state index contributed by atoms with van der Waals surface area (Å²) < 4.78 is 19.6. The molecule has 10 aromatic rings. The molecule has 0 spiro atoms. The monoisotopic (exact) mass is 1160 g/mol. The van der Waals surface area contributed by atoms with Gasteiger partial charge in [-0.25, -0.2) is 22.8 Å². The molecule has 0 radical (unpaired) electrons. The Kier molecular flexibility index (Phi) is 24.4. The standard InChI is InChI=1S/C18H24N.C17H22N.2C16H20N.C15H18N/c1-5-15(6-2)16-11-12-19(4)18(13-16)17-10-8-7-9-14(17)3;1-12(2)15-7-8-16(14(4)10-15)17-9-6-13(3)11-18(17)5;1-5-14-7-8-15(13(3)10-14)16-9-6-12(2)11-17(16)4;1-5-14-7-9-16(17(4)11-14)15-8-6-12(2)10-13(15)3;1-11-5-7-14(13(3)9-11)15-8-6-12(2)10-16(15)4/h7-13,15H,5-6H2,1-4H3;6-12H,1-5H3;2*6-11H,5H2,1-4H3;5-10H,1-4H3/q5*+1/i15D;;;;. The molecule has 0 amide bonds. The van der Waals surface area contributed by atoms with Crippen molar-refractivity contribution in [2.75, 3.05) is 0 Å². The maximum absolute atomic E-state index is 8.63. The van der Waals surface area contributed by atoms with E-state index in [-0.39, 0.29) is 0 Å². The van der Waals surface area contributed by atoms with Gasteiger partial charge in [-0.05, 0) is 206 Å². The quantitative estimate of drug-likeness (QED) is 0.115. The predicted octanol–water partition coefficient (Wildman–Crippen LogP) is 18.1. The van der Waals surface area contributed by atoms with E-state index in [4.69, 9.17) is 1.37 Å². The van der Waals surface area contributed by atoms with Crippen LogP contribution in [0.1, 0.15) is 145 Å². The number of hydrogen-bond acceptors (Lipinski definition) is 0. The third kappa shape index (κ3) is 18.4. The summed E-state index contributed by atoms with van der Waals surface area (Å²) in [6, 6.07) is 57.0. The number of rotatable bonds is 11. The van der Waals surface area contributed by atoms with Gasteiger partial charge in [-0.1, -0.05) is 119 Å². The van der Waals surface area contributed by atoms with Crippen LogP contribution in [0, 0.1) is 69.2 Å². The van der Waals surface area contributed by atoms with Crippen LogP contribution < -0.4 is 22.8 Å². The fourth-order valence-corrected chi connectivity index (χ4v) is 11.6. The van der Waals surface area contributed by atoms with Crippen molar-refractivity contribution in [3.63, 3.8) is 0 Å². The second kappa shape index (κ2) is 32.0. The molecule has 0 fully saturated rings. The topological polar surface area (TPSA) is 19.4 Å². The zero-order valence-corrected chi connectivity index (χ0v) is 57.0. The lowest BCUT2D eigenvalue weighted by atomic mass is 9.93. The van der Waals surface area contributed by atoms with Gasteiger partial charge in [0.2, 0.25) is 28.5 Å². The molecule has 452 valence electrons. The summed E-state index contributed by atoms with van der Waals surface area (Å²) in [5, 5.41) is 0. The van der Waals surface area contributed by atoms with Crippen LogP contribution in [0.15, 0.2) is 189 Å². The molecule has 5 nitrogen and oxygen atoms in total. The Balaban J connectivity index is 0.000000176. The predicted molar refractivity (Wildman–Crippen MR) is 369 cm³/mol. The number of nitrogens with zero attached hydrogens (tertiary/aromatic N) is 5. The highest BCUT2D eigenvalue weighted by Crippen LogP contribution is 2.29. The van der Waals surface area contributed by atoms with Crippen molar-refractivity contribution in [1.82, 2.24) is 0 Å². The van der Waals surface area contributed by atoms with Crippen LogP contribution in [0.5, 0.6) is 0 Å². The van der Waals surface area contributed by atoms with Crippen LogP contribution in [0.3, 0.4) is 0 Å². The third-order valence-corrected chi connectivity index (χ3v) is 16.8. The Hall–Kier alpha value is -8.15. The molecular formula is C82H104N5+5. The van der Waals surface area contributed by atoms with Gasteiger partial charge in [0.25, 0.3) is 0 Å². The highest BCUT2D eigenvalue weighted by molar-refractivity contribution is 5.65. The first-order chi connectivity index (χ1) is 41.8. The Labute approximate surface area is 527 Å². The molecule has 0 aliphatic rings. The van der Waals surface area contributed by atoms with Crippen molar-refractivity contribution in [3.05, 3.63) is 267 Å². The van der Waals surface area contributed by atoms with E-state index >= 15 is 0 Å². The van der Waals surface area contributed by atoms with E-state index < -0.39 is 5.89 Å². The molecule has 5 heteroatoms. The number of aromatic nitrogens is 5. The zero-order valence-electron chi connectivity index (χ0n) is 58.0. The van der Waals surface area contributed by atoms with Crippen LogP contribution in [0.2, 0.25) is 0 Å². The maximum Gasteiger partial charge on any atom is 0.212 e. The van der Waals surface area contributed by atoms with E-state index in [2.05, 4.69) is 358 Å². The highest BCUT2D eigenvalue weighted by atomic mass is 14.9. The van der Waals surface area contributed by atoms with E-state index in [1.54, 1.807) is 0 Å². The van der Waals surface area contributed by atoms with Crippen molar-refractivity contribution in [1.29, 1.82) is 0 Å². The molecule has 10 rings (SSSR count). The average Bonchev–Trinajstić information content (AvgIpc) is 1.84. The van der Waals surface area contributed by atoms with E-state index in [9.17, 15) is 0 Å². The summed E-state index contributed by atoms with van der Waals surface area (Å²) >= 11 is 0. The maximum atomic E-state index is 8.63. The van der Waals surface area contributed by atoms with Crippen LogP contribution >= 0.6 is 0 Å². The summed E-state index contributed by atoms with van der Waals surface area (Å²) in [6.45, 7) is 34.5. The van der Waals surface area contributed by atoms with E-state index in [0.29, 0.717) is 5.92 Å². The molecule has 0 bridgehead atoms. The molecule has 5 aromatic carbocycles. The van der Waals surface area contributed by atoms with Gasteiger partial charge >= 0.3 is 0 Å². The first-order valence-electron chi connectivity index (χ1n) is 32.1. The van der Waals surface area contributed by atoms with Crippen molar-refractivity contribution in [2.24, 2.45) is 35.2 Å². The number of aryl methyl sites for hydroxylation is 17. The van der Waals surface area contributed by atoms with Gasteiger partial charge in [0.15, 0.2) is 31.0 Å². The molecule has 5 aromatic heterocycles. The van der Waals surface area contributed by atoms with Crippen LogP contribution in [-0.4, -0.2) is 0 Å². The van der Waals surface area contributed by atoms with Gasteiger partial charge in [-0.15, -0.1) is 0 Å². The SMILES string of the molecule is CCc1ccc(-c2ccc(C)c[n+]2C)c(C)c1.CCc1ccc(-c2ccc(C)cc2C)[n+](C)c1.Cc1ccc(-c2ccc(C(C)C)cc2C)[n+](C)c1.Cc1ccc(-c2ccc(C)c[n+]2C)c(C)c1.[2H]C(CC)(CC)c1cc[n+](C)c(-c2ccccc2C)c1. The Bertz CT molecular complexity index is 3820. The Morgan fingerprint density at radius 3 is 1.09 bits per heavy atom. The lowest BCUT2D eigenvalue weighted by molar-refractivity contribution is -0.660. The molecule has 87 heavy (non-hydrogen) atoms. The van der Waals surface area contributed by atoms with Crippen molar-refractivity contribution >= 4 is 0 Å². The Morgan fingerprint density at radius 1 is 0.322 bits per heavy atom. The lowest BCUT2D eigenvalue weighted by Crippen LogP contribution is -2.31. The van der Waals surface area contributed by atoms with Gasteiger partial charge in [-0.2, -0.15) is 0 Å². The molecule has 0 saturated carbocycles. The van der Waals surface area contributed by atoms with Gasteiger partial charge < -0.3 is 0 Å². The molecule has 0 saturated heterocycles. The van der Waals surface area contributed by atoms with Crippen molar-refractivity contribution in [3.8, 4) is 56.3 Å². The second-order valence-corrected chi connectivity index (χ2v) is 24.4. The highest BCUT2D eigenvalue weighted by Gasteiger charge is 2.19. The molecule has 5 heterocycles. The summed E-state index contributed by atoms with van der Waals surface area (Å²) in [5.74, 6) is 0.107. The van der Waals surface area contributed by atoms with Crippen LogP contribution in [0.4, 0.5) is 0 Å². The summed E-state index contributed by atoms with van der Waals surface area (Å²) in [4.78, 5) is 0. The molecule has 0 unspecified atom stereocenters.